The fraction of sp³-hybridized carbons (Fsp3) is 0. The summed E-state index contributed by atoms with van der Waals surface area (Å²) in [4.78, 5) is 18.0. The summed E-state index contributed by atoms with van der Waals surface area (Å²) < 4.78 is 0. The molecule has 5 heterocycles. The molecular formula is C44H27Cl3N4NiO+2. The second-order valence-corrected chi connectivity index (χ2v) is 13.9. The molecule has 9 rings (SSSR count). The van der Waals surface area contributed by atoms with Gasteiger partial charge >= 0.3 is 16.5 Å². The van der Waals surface area contributed by atoms with Gasteiger partial charge in [0.25, 0.3) is 0 Å². The van der Waals surface area contributed by atoms with Crippen LogP contribution >= 0.6 is 34.8 Å². The number of fused-ring (bicyclic) bond motifs is 8. The number of nitrogens with zero attached hydrogens (tertiary/aromatic N) is 2. The Bertz CT molecular complexity index is 2380. The maximum absolute atomic E-state index is 10.2. The molecule has 3 aromatic heterocycles. The van der Waals surface area contributed by atoms with Crippen molar-refractivity contribution in [3.8, 4) is 50.3 Å². The van der Waals surface area contributed by atoms with Crippen LogP contribution in [-0.2, 0) is 16.5 Å². The van der Waals surface area contributed by atoms with Crippen LogP contribution in [0.25, 0.3) is 90.9 Å². The Morgan fingerprint density at radius 3 is 0.868 bits per heavy atom. The first-order chi connectivity index (χ1) is 25.4. The molecule has 0 saturated carbocycles. The predicted molar refractivity (Wildman–Crippen MR) is 217 cm³/mol. The van der Waals surface area contributed by atoms with Crippen LogP contribution in [0.4, 0.5) is 0 Å². The first-order valence-electron chi connectivity index (χ1n) is 16.6. The number of H-pyrrole nitrogens is 2. The molecule has 9 heteroatoms. The Labute approximate surface area is 330 Å². The SMILES string of the molecule is Oc1ccc(-c2c3nc(c(-c4ccc(Cl)cc4)c4ccc([nH]4)c(-c4ccc(Cl)cc4)c4nc(c(-c5ccc(Cl)cc5)c5ccc2[nH]5)C=C4)C=C3)cc1.[Ni+2]. The maximum atomic E-state index is 10.2. The average Bonchev–Trinajstić information content (AvgIpc) is 3.99. The first kappa shape index (κ1) is 34.7. The van der Waals surface area contributed by atoms with Gasteiger partial charge in [-0.15, -0.1) is 0 Å². The molecule has 4 aromatic carbocycles. The largest absolute Gasteiger partial charge is 2.00 e. The fourth-order valence-electron chi connectivity index (χ4n) is 6.90. The van der Waals surface area contributed by atoms with E-state index in [1.165, 1.54) is 0 Å². The Morgan fingerprint density at radius 2 is 0.604 bits per heavy atom. The Hall–Kier alpha value is -5.36. The van der Waals surface area contributed by atoms with Crippen molar-refractivity contribution in [3.05, 3.63) is 159 Å². The average molecular weight is 793 g/mol. The van der Waals surface area contributed by atoms with E-state index in [1.54, 1.807) is 12.1 Å². The van der Waals surface area contributed by atoms with Gasteiger partial charge in [-0.3, -0.25) is 0 Å². The number of aromatic hydroxyl groups is 1. The topological polar surface area (TPSA) is 77.6 Å². The molecule has 0 unspecified atom stereocenters. The van der Waals surface area contributed by atoms with E-state index in [-0.39, 0.29) is 22.2 Å². The number of hydrogen-bond acceptors (Lipinski definition) is 3. The van der Waals surface area contributed by atoms with Gasteiger partial charge in [0, 0.05) is 59.4 Å². The standard InChI is InChI=1S/C44H27Cl3N4O.Ni/c45-29-9-1-25(2-10-29)41-33-17-19-35(48-33)42(26-3-11-30(46)12-4-26)37-21-23-39(50-37)44(28-7-15-32(52)16-8-28)40-24-22-38(51-40)43(36-20-18-34(41)49-36)27-5-13-31(47)14-6-27;/h1-24,48,51-52H;/q;+2. The molecule has 0 fully saturated rings. The molecule has 2 aliphatic rings. The van der Waals surface area contributed by atoms with E-state index in [9.17, 15) is 5.11 Å². The third-order valence-electron chi connectivity index (χ3n) is 9.31. The number of phenolic OH excluding ortho intramolecular Hbond substituents is 1. The van der Waals surface area contributed by atoms with Crippen LogP contribution in [0.15, 0.2) is 121 Å². The fourth-order valence-corrected chi connectivity index (χ4v) is 7.28. The van der Waals surface area contributed by atoms with Gasteiger partial charge < -0.3 is 15.1 Å². The van der Waals surface area contributed by atoms with Gasteiger partial charge in [0.15, 0.2) is 0 Å². The molecule has 8 bridgehead atoms. The van der Waals surface area contributed by atoms with Crippen molar-refractivity contribution in [1.82, 2.24) is 19.9 Å². The van der Waals surface area contributed by atoms with Crippen LogP contribution in [0.2, 0.25) is 15.1 Å². The van der Waals surface area contributed by atoms with Gasteiger partial charge in [-0.1, -0.05) is 83.3 Å². The van der Waals surface area contributed by atoms with Gasteiger partial charge in [0.05, 0.1) is 22.8 Å². The summed E-state index contributed by atoms with van der Waals surface area (Å²) in [5.74, 6) is 0.188. The van der Waals surface area contributed by atoms with Crippen LogP contribution in [0.1, 0.15) is 22.8 Å². The van der Waals surface area contributed by atoms with E-state index >= 15 is 0 Å². The summed E-state index contributed by atoms with van der Waals surface area (Å²) in [7, 11) is 0. The van der Waals surface area contributed by atoms with E-state index in [2.05, 4.69) is 46.4 Å². The summed E-state index contributed by atoms with van der Waals surface area (Å²) in [6, 6.07) is 38.9. The molecule has 0 radical (unpaired) electrons. The normalized spacial score (nSPS) is 11.8. The Kier molecular flexibility index (Phi) is 9.32. The van der Waals surface area contributed by atoms with Crippen molar-refractivity contribution in [2.24, 2.45) is 0 Å². The van der Waals surface area contributed by atoms with E-state index in [1.807, 2.05) is 97.1 Å². The van der Waals surface area contributed by atoms with E-state index in [4.69, 9.17) is 44.8 Å². The zero-order valence-electron chi connectivity index (χ0n) is 27.6. The summed E-state index contributed by atoms with van der Waals surface area (Å²) in [5.41, 5.74) is 14.1. The third-order valence-corrected chi connectivity index (χ3v) is 10.1. The van der Waals surface area contributed by atoms with Crippen LogP contribution in [0.5, 0.6) is 5.75 Å². The van der Waals surface area contributed by atoms with E-state index in [0.29, 0.717) is 15.1 Å². The number of hydrogen-bond donors (Lipinski definition) is 3. The zero-order chi connectivity index (χ0) is 35.3. The molecule has 7 aromatic rings. The van der Waals surface area contributed by atoms with Gasteiger partial charge in [-0.25, -0.2) is 9.97 Å². The number of benzene rings is 4. The van der Waals surface area contributed by atoms with Crippen molar-refractivity contribution in [1.29, 1.82) is 0 Å². The summed E-state index contributed by atoms with van der Waals surface area (Å²) >= 11 is 19.1. The molecule has 3 N–H and O–H groups in total. The molecule has 5 nitrogen and oxygen atoms in total. The second kappa shape index (κ2) is 14.2. The van der Waals surface area contributed by atoms with Crippen molar-refractivity contribution in [3.63, 3.8) is 0 Å². The minimum atomic E-state index is 0. The van der Waals surface area contributed by atoms with Crippen LogP contribution in [0.3, 0.4) is 0 Å². The Balaban J connectivity index is 0.00000400. The molecule has 0 aliphatic carbocycles. The maximum Gasteiger partial charge on any atom is 2.00 e. The number of halogens is 3. The van der Waals surface area contributed by atoms with Gasteiger partial charge in [-0.2, -0.15) is 0 Å². The van der Waals surface area contributed by atoms with Crippen molar-refractivity contribution < 1.29 is 21.6 Å². The van der Waals surface area contributed by atoms with Gasteiger partial charge in [0.1, 0.15) is 5.75 Å². The monoisotopic (exact) mass is 790 g/mol. The molecule has 0 atom stereocenters. The molecule has 258 valence electrons. The summed E-state index contributed by atoms with van der Waals surface area (Å²) in [6.45, 7) is 0. The quantitative estimate of drug-likeness (QED) is 0.155. The van der Waals surface area contributed by atoms with E-state index in [0.717, 1.165) is 89.4 Å². The zero-order valence-corrected chi connectivity index (χ0v) is 30.9. The van der Waals surface area contributed by atoms with Crippen LogP contribution in [0, 0.1) is 0 Å². The third kappa shape index (κ3) is 6.60. The number of phenols is 1. The predicted octanol–water partition coefficient (Wildman–Crippen LogP) is 13.0. The first-order valence-corrected chi connectivity index (χ1v) is 17.7. The minimum absolute atomic E-state index is 0. The van der Waals surface area contributed by atoms with Crippen LogP contribution < -0.4 is 0 Å². The second-order valence-electron chi connectivity index (χ2n) is 12.6. The van der Waals surface area contributed by atoms with Gasteiger partial charge in [-0.05, 0) is 119 Å². The Morgan fingerprint density at radius 1 is 0.358 bits per heavy atom. The summed E-state index contributed by atoms with van der Waals surface area (Å²) in [6.07, 6.45) is 8.19. The molecule has 2 aliphatic heterocycles. The van der Waals surface area contributed by atoms with Crippen molar-refractivity contribution in [2.45, 2.75) is 0 Å². The van der Waals surface area contributed by atoms with E-state index < -0.39 is 0 Å². The number of rotatable bonds is 4. The van der Waals surface area contributed by atoms with Crippen molar-refractivity contribution in [2.75, 3.05) is 0 Å². The molecular weight excluding hydrogens is 766 g/mol. The van der Waals surface area contributed by atoms with Crippen LogP contribution in [-0.4, -0.2) is 25.0 Å². The molecule has 53 heavy (non-hydrogen) atoms. The number of aromatic amines is 2. The minimum Gasteiger partial charge on any atom is -0.508 e. The van der Waals surface area contributed by atoms with Crippen molar-refractivity contribution >= 4 is 81.2 Å². The summed E-state index contributed by atoms with van der Waals surface area (Å²) in [5, 5.41) is 12.1. The molecule has 0 spiro atoms. The molecule has 0 saturated heterocycles. The number of nitrogens with one attached hydrogen (secondary N) is 2. The van der Waals surface area contributed by atoms with Gasteiger partial charge in [0.2, 0.25) is 0 Å². The number of aromatic nitrogens is 4. The molecule has 0 amide bonds. The smallest absolute Gasteiger partial charge is 0.508 e.